The predicted octanol–water partition coefficient (Wildman–Crippen LogP) is 3.44. The summed E-state index contributed by atoms with van der Waals surface area (Å²) in [6.45, 7) is 0. The molecular formula is C22H19NO4. The summed E-state index contributed by atoms with van der Waals surface area (Å²) in [5.74, 6) is 0.0378. The Morgan fingerprint density at radius 2 is 1.56 bits per heavy atom. The fourth-order valence-electron chi connectivity index (χ4n) is 5.09. The third-order valence-electron chi connectivity index (χ3n) is 6.22. The summed E-state index contributed by atoms with van der Waals surface area (Å²) < 4.78 is 5.43. The molecule has 2 aromatic rings. The highest BCUT2D eigenvalue weighted by Gasteiger charge is 2.61. The summed E-state index contributed by atoms with van der Waals surface area (Å²) in [6.07, 6.45) is 3.11. The molecule has 0 unspecified atom stereocenters. The first-order valence-electron chi connectivity index (χ1n) is 9.38. The van der Waals surface area contributed by atoms with Crippen LogP contribution < -0.4 is 9.64 Å². The molecule has 2 bridgehead atoms. The summed E-state index contributed by atoms with van der Waals surface area (Å²) in [7, 11) is 0. The number of ether oxygens (including phenoxy) is 1. The van der Waals surface area contributed by atoms with Crippen molar-refractivity contribution in [3.63, 3.8) is 0 Å². The van der Waals surface area contributed by atoms with E-state index in [9.17, 15) is 14.4 Å². The molecule has 0 aromatic heterocycles. The molecule has 3 aliphatic rings. The number of anilines is 1. The van der Waals surface area contributed by atoms with Gasteiger partial charge < -0.3 is 4.74 Å². The first-order valence-corrected chi connectivity index (χ1v) is 9.38. The number of hydrogen-bond acceptors (Lipinski definition) is 4. The van der Waals surface area contributed by atoms with Crippen LogP contribution in [0, 0.1) is 23.7 Å². The van der Waals surface area contributed by atoms with Crippen molar-refractivity contribution in [2.45, 2.75) is 19.3 Å². The van der Waals surface area contributed by atoms with Crippen LogP contribution in [0.1, 0.15) is 29.6 Å². The second-order valence-corrected chi connectivity index (χ2v) is 7.65. The van der Waals surface area contributed by atoms with Crippen LogP contribution in [0.5, 0.6) is 5.75 Å². The van der Waals surface area contributed by atoms with Crippen molar-refractivity contribution in [1.29, 1.82) is 0 Å². The van der Waals surface area contributed by atoms with Gasteiger partial charge in [0.05, 0.1) is 23.1 Å². The lowest BCUT2D eigenvalue weighted by atomic mass is 9.81. The normalized spacial score (nSPS) is 28.5. The van der Waals surface area contributed by atoms with Crippen molar-refractivity contribution in [2.75, 3.05) is 4.90 Å². The van der Waals surface area contributed by atoms with Crippen LogP contribution in [0.3, 0.4) is 0 Å². The van der Waals surface area contributed by atoms with Crippen molar-refractivity contribution in [3.05, 3.63) is 60.2 Å². The summed E-state index contributed by atoms with van der Waals surface area (Å²) in [6, 6.07) is 15.4. The molecule has 0 N–H and O–H groups in total. The Morgan fingerprint density at radius 1 is 0.889 bits per heavy atom. The van der Waals surface area contributed by atoms with E-state index >= 15 is 0 Å². The Bertz CT molecular complexity index is 910. The molecule has 27 heavy (non-hydrogen) atoms. The van der Waals surface area contributed by atoms with E-state index in [1.807, 2.05) is 6.07 Å². The van der Waals surface area contributed by atoms with E-state index in [0.29, 0.717) is 28.8 Å². The van der Waals surface area contributed by atoms with Crippen molar-refractivity contribution in [1.82, 2.24) is 0 Å². The Morgan fingerprint density at radius 3 is 2.22 bits per heavy atom. The van der Waals surface area contributed by atoms with Gasteiger partial charge in [0.25, 0.3) is 0 Å². The van der Waals surface area contributed by atoms with Gasteiger partial charge in [-0.2, -0.15) is 0 Å². The molecule has 2 amide bonds. The average Bonchev–Trinajstić information content (AvgIpc) is 3.36. The Hall–Kier alpha value is -2.95. The minimum atomic E-state index is -0.471. The van der Waals surface area contributed by atoms with Crippen LogP contribution in [-0.4, -0.2) is 17.8 Å². The van der Waals surface area contributed by atoms with E-state index in [2.05, 4.69) is 0 Å². The molecule has 2 aromatic carbocycles. The molecule has 5 heteroatoms. The maximum atomic E-state index is 12.9. The van der Waals surface area contributed by atoms with Crippen LogP contribution in [0.25, 0.3) is 0 Å². The minimum Gasteiger partial charge on any atom is -0.423 e. The largest absolute Gasteiger partial charge is 0.423 e. The first-order chi connectivity index (χ1) is 13.1. The molecule has 1 saturated heterocycles. The summed E-state index contributed by atoms with van der Waals surface area (Å²) >= 11 is 0. The molecule has 0 radical (unpaired) electrons. The number of rotatable bonds is 3. The van der Waals surface area contributed by atoms with E-state index in [1.54, 1.807) is 48.5 Å². The quantitative estimate of drug-likeness (QED) is 0.477. The van der Waals surface area contributed by atoms with Crippen molar-refractivity contribution in [2.24, 2.45) is 23.7 Å². The van der Waals surface area contributed by atoms with E-state index in [0.717, 1.165) is 19.3 Å². The topological polar surface area (TPSA) is 63.7 Å². The fourth-order valence-corrected chi connectivity index (χ4v) is 5.09. The van der Waals surface area contributed by atoms with Gasteiger partial charge in [0, 0.05) is 6.07 Å². The second kappa shape index (κ2) is 6.05. The molecule has 1 aliphatic heterocycles. The van der Waals surface area contributed by atoms with E-state index in [4.69, 9.17) is 4.74 Å². The zero-order valence-corrected chi connectivity index (χ0v) is 14.7. The molecule has 0 spiro atoms. The van der Waals surface area contributed by atoms with E-state index in [1.165, 1.54) is 4.90 Å². The van der Waals surface area contributed by atoms with Crippen molar-refractivity contribution >= 4 is 23.5 Å². The SMILES string of the molecule is O=C(Oc1cccc(N2C(=O)[C@@H]3[C@@H]4CC[C@@H](C4)[C@@H]3C2=O)c1)c1ccccc1. The summed E-state index contributed by atoms with van der Waals surface area (Å²) in [5.41, 5.74) is 0.930. The van der Waals surface area contributed by atoms with Crippen LogP contribution in [0.15, 0.2) is 54.6 Å². The van der Waals surface area contributed by atoms with Crippen LogP contribution in [0.4, 0.5) is 5.69 Å². The highest BCUT2D eigenvalue weighted by atomic mass is 16.5. The highest BCUT2D eigenvalue weighted by molar-refractivity contribution is 6.22. The van der Waals surface area contributed by atoms with Crippen LogP contribution in [-0.2, 0) is 9.59 Å². The van der Waals surface area contributed by atoms with Gasteiger partial charge in [0.1, 0.15) is 5.75 Å². The molecule has 3 fully saturated rings. The number of esters is 1. The molecule has 4 atom stereocenters. The maximum Gasteiger partial charge on any atom is 0.343 e. The van der Waals surface area contributed by atoms with Gasteiger partial charge in [-0.15, -0.1) is 0 Å². The molecule has 2 aliphatic carbocycles. The van der Waals surface area contributed by atoms with Crippen molar-refractivity contribution < 1.29 is 19.1 Å². The molecule has 2 saturated carbocycles. The Kier molecular flexibility index (Phi) is 3.64. The number of fused-ring (bicyclic) bond motifs is 5. The van der Waals surface area contributed by atoms with Gasteiger partial charge in [-0.25, -0.2) is 9.69 Å². The first kappa shape index (κ1) is 16.2. The lowest BCUT2D eigenvalue weighted by Gasteiger charge is -2.19. The van der Waals surface area contributed by atoms with Crippen LogP contribution in [0.2, 0.25) is 0 Å². The fraction of sp³-hybridized carbons (Fsp3) is 0.318. The predicted molar refractivity (Wildman–Crippen MR) is 98.1 cm³/mol. The Balaban J connectivity index is 1.40. The number of amides is 2. The number of imide groups is 1. The molecule has 1 heterocycles. The van der Waals surface area contributed by atoms with E-state index < -0.39 is 5.97 Å². The smallest absolute Gasteiger partial charge is 0.343 e. The van der Waals surface area contributed by atoms with Gasteiger partial charge in [-0.3, -0.25) is 9.59 Å². The number of carbonyl (C=O) groups is 3. The van der Waals surface area contributed by atoms with Gasteiger partial charge >= 0.3 is 5.97 Å². The number of hydrogen-bond donors (Lipinski definition) is 0. The summed E-state index contributed by atoms with van der Waals surface area (Å²) in [4.78, 5) is 39.4. The van der Waals surface area contributed by atoms with E-state index in [-0.39, 0.29) is 23.7 Å². The van der Waals surface area contributed by atoms with Gasteiger partial charge in [0.15, 0.2) is 0 Å². The number of nitrogens with zero attached hydrogens (tertiary/aromatic N) is 1. The van der Waals surface area contributed by atoms with Crippen molar-refractivity contribution in [3.8, 4) is 5.75 Å². The lowest BCUT2D eigenvalue weighted by Crippen LogP contribution is -2.32. The zero-order valence-electron chi connectivity index (χ0n) is 14.7. The lowest BCUT2D eigenvalue weighted by molar-refractivity contribution is -0.123. The number of carbonyl (C=O) groups excluding carboxylic acids is 3. The standard InChI is InChI=1S/C22H19NO4/c24-20-18-14-9-10-15(11-14)19(18)21(25)23(20)16-7-4-8-17(12-16)27-22(26)13-5-2-1-3-6-13/h1-8,12,14-15,18-19H,9-11H2/t14-,15+,18-,19+. The van der Waals surface area contributed by atoms with Gasteiger partial charge in [0.2, 0.25) is 11.8 Å². The molecule has 5 nitrogen and oxygen atoms in total. The Labute approximate surface area is 156 Å². The monoisotopic (exact) mass is 361 g/mol. The minimum absolute atomic E-state index is 0.0938. The van der Waals surface area contributed by atoms with Gasteiger partial charge in [-0.1, -0.05) is 24.3 Å². The molecular weight excluding hydrogens is 342 g/mol. The second-order valence-electron chi connectivity index (χ2n) is 7.65. The summed E-state index contributed by atoms with van der Waals surface area (Å²) in [5, 5.41) is 0. The van der Waals surface area contributed by atoms with Crippen LogP contribution >= 0.6 is 0 Å². The zero-order chi connectivity index (χ0) is 18.5. The molecule has 5 rings (SSSR count). The average molecular weight is 361 g/mol. The maximum absolute atomic E-state index is 12.9. The third kappa shape index (κ3) is 2.49. The van der Waals surface area contributed by atoms with Gasteiger partial charge in [-0.05, 0) is 55.4 Å². The highest BCUT2D eigenvalue weighted by Crippen LogP contribution is 2.56. The third-order valence-corrected chi connectivity index (χ3v) is 6.22. The molecule has 136 valence electrons. The number of benzene rings is 2.